The molecule has 2 unspecified atom stereocenters. The third-order valence-corrected chi connectivity index (χ3v) is 4.43. The summed E-state index contributed by atoms with van der Waals surface area (Å²) in [5.41, 5.74) is 0. The fraction of sp³-hybridized carbons (Fsp3) is 0.938. The predicted octanol–water partition coefficient (Wildman–Crippen LogP) is 4.53. The molecule has 4 nitrogen and oxygen atoms in total. The van der Waals surface area contributed by atoms with Gasteiger partial charge < -0.3 is 0 Å². The number of hydrogen-bond acceptors (Lipinski definition) is 3. The molecule has 0 aromatic carbocycles. The van der Waals surface area contributed by atoms with E-state index in [0.29, 0.717) is 6.42 Å². The van der Waals surface area contributed by atoms with Crippen LogP contribution in [0, 0.1) is 16.0 Å². The minimum absolute atomic E-state index is 0.148. The summed E-state index contributed by atoms with van der Waals surface area (Å²) >= 11 is 0. The van der Waals surface area contributed by atoms with Crippen LogP contribution in [0.25, 0.3) is 0 Å². The molecule has 116 valence electrons. The first-order chi connectivity index (χ1) is 9.63. The summed E-state index contributed by atoms with van der Waals surface area (Å²) in [5.74, 6) is -0.305. The van der Waals surface area contributed by atoms with Gasteiger partial charge in [0.15, 0.2) is 0 Å². The fourth-order valence-corrected chi connectivity index (χ4v) is 3.02. The zero-order valence-electron chi connectivity index (χ0n) is 12.8. The SMILES string of the molecule is CC1CCCCCCCCCCCCC([N+](=O)[O-])C1=O. The van der Waals surface area contributed by atoms with Crippen LogP contribution >= 0.6 is 0 Å². The molecular weight excluding hydrogens is 254 g/mol. The topological polar surface area (TPSA) is 60.2 Å². The second-order valence-corrected chi connectivity index (χ2v) is 6.22. The molecule has 1 saturated carbocycles. The average molecular weight is 283 g/mol. The first-order valence-corrected chi connectivity index (χ1v) is 8.30. The monoisotopic (exact) mass is 283 g/mol. The predicted molar refractivity (Wildman–Crippen MR) is 80.4 cm³/mol. The summed E-state index contributed by atoms with van der Waals surface area (Å²) in [7, 11) is 0. The Bertz CT molecular complexity index is 304. The Morgan fingerprint density at radius 1 is 0.850 bits per heavy atom. The van der Waals surface area contributed by atoms with Crippen LogP contribution in [-0.2, 0) is 4.79 Å². The fourth-order valence-electron chi connectivity index (χ4n) is 3.02. The number of nitrogens with zero attached hydrogens (tertiary/aromatic N) is 1. The molecule has 1 aliphatic rings. The van der Waals surface area contributed by atoms with E-state index in [4.69, 9.17) is 0 Å². The van der Waals surface area contributed by atoms with Gasteiger partial charge in [0, 0.05) is 17.3 Å². The summed E-state index contributed by atoms with van der Waals surface area (Å²) in [6.45, 7) is 1.86. The number of rotatable bonds is 1. The van der Waals surface area contributed by atoms with Crippen molar-refractivity contribution in [3.05, 3.63) is 10.1 Å². The van der Waals surface area contributed by atoms with Gasteiger partial charge in [0.2, 0.25) is 5.78 Å². The van der Waals surface area contributed by atoms with Crippen LogP contribution in [0.5, 0.6) is 0 Å². The Morgan fingerprint density at radius 2 is 1.25 bits per heavy atom. The van der Waals surface area contributed by atoms with Gasteiger partial charge in [-0.15, -0.1) is 0 Å². The zero-order valence-corrected chi connectivity index (χ0v) is 12.8. The molecule has 4 heteroatoms. The van der Waals surface area contributed by atoms with Crippen LogP contribution in [0.4, 0.5) is 0 Å². The molecule has 2 atom stereocenters. The molecule has 0 aromatic rings. The van der Waals surface area contributed by atoms with E-state index in [-0.39, 0.29) is 16.6 Å². The highest BCUT2D eigenvalue weighted by Gasteiger charge is 2.32. The maximum Gasteiger partial charge on any atom is 0.270 e. The number of hydrogen-bond donors (Lipinski definition) is 0. The number of nitro groups is 1. The van der Waals surface area contributed by atoms with Crippen molar-refractivity contribution >= 4 is 5.78 Å². The number of carbonyl (C=O) groups excluding carboxylic acids is 1. The number of ketones is 1. The van der Waals surface area contributed by atoms with Crippen LogP contribution in [0.2, 0.25) is 0 Å². The summed E-state index contributed by atoms with van der Waals surface area (Å²) in [5, 5.41) is 11.1. The largest absolute Gasteiger partial charge is 0.292 e. The average Bonchev–Trinajstić information content (AvgIpc) is 2.42. The molecule has 0 spiro atoms. The molecule has 0 aromatic heterocycles. The molecule has 0 amide bonds. The van der Waals surface area contributed by atoms with Crippen molar-refractivity contribution in [1.82, 2.24) is 0 Å². The Labute approximate surface area is 122 Å². The molecule has 0 saturated heterocycles. The Kier molecular flexibility index (Phi) is 8.47. The lowest BCUT2D eigenvalue weighted by Gasteiger charge is -2.14. The van der Waals surface area contributed by atoms with E-state index in [1.165, 1.54) is 32.1 Å². The van der Waals surface area contributed by atoms with Gasteiger partial charge in [0.05, 0.1) is 0 Å². The second kappa shape index (κ2) is 9.89. The van der Waals surface area contributed by atoms with Crippen LogP contribution in [0.3, 0.4) is 0 Å². The normalized spacial score (nSPS) is 28.4. The number of Topliss-reactive ketones (excluding diaryl/α,β-unsaturated/α-hetero) is 1. The highest BCUT2D eigenvalue weighted by molar-refractivity contribution is 5.84. The van der Waals surface area contributed by atoms with Gasteiger partial charge in [-0.25, -0.2) is 0 Å². The molecule has 0 radical (unpaired) electrons. The zero-order chi connectivity index (χ0) is 14.8. The summed E-state index contributed by atoms with van der Waals surface area (Å²) in [4.78, 5) is 22.9. The maximum atomic E-state index is 12.2. The van der Waals surface area contributed by atoms with Crippen molar-refractivity contribution in [3.63, 3.8) is 0 Å². The molecule has 1 aliphatic carbocycles. The van der Waals surface area contributed by atoms with E-state index in [1.54, 1.807) is 0 Å². The lowest BCUT2D eigenvalue weighted by molar-refractivity contribution is -0.508. The van der Waals surface area contributed by atoms with Crippen LogP contribution in [0.15, 0.2) is 0 Å². The van der Waals surface area contributed by atoms with Crippen molar-refractivity contribution in [1.29, 1.82) is 0 Å². The molecule has 0 heterocycles. The third-order valence-electron chi connectivity index (χ3n) is 4.43. The van der Waals surface area contributed by atoms with Gasteiger partial charge in [0.25, 0.3) is 6.04 Å². The van der Waals surface area contributed by atoms with Crippen molar-refractivity contribution in [2.45, 2.75) is 90.0 Å². The van der Waals surface area contributed by atoms with E-state index in [2.05, 4.69) is 0 Å². The molecule has 0 N–H and O–H groups in total. The van der Waals surface area contributed by atoms with Crippen molar-refractivity contribution < 1.29 is 9.72 Å². The lowest BCUT2D eigenvalue weighted by Crippen LogP contribution is -2.33. The van der Waals surface area contributed by atoms with Crippen LogP contribution in [0.1, 0.15) is 84.0 Å². The first-order valence-electron chi connectivity index (χ1n) is 8.30. The Hall–Kier alpha value is -0.930. The van der Waals surface area contributed by atoms with Crippen molar-refractivity contribution in [2.24, 2.45) is 5.92 Å². The smallest absolute Gasteiger partial charge is 0.270 e. The molecule has 1 rings (SSSR count). The van der Waals surface area contributed by atoms with Gasteiger partial charge in [-0.1, -0.05) is 64.7 Å². The summed E-state index contributed by atoms with van der Waals surface area (Å²) < 4.78 is 0. The lowest BCUT2D eigenvalue weighted by atomic mass is 9.92. The van der Waals surface area contributed by atoms with E-state index in [9.17, 15) is 14.9 Å². The van der Waals surface area contributed by atoms with E-state index < -0.39 is 6.04 Å². The minimum atomic E-state index is -0.963. The standard InChI is InChI=1S/C16H29NO3/c1-14-12-10-8-6-4-2-3-5-7-9-11-13-15(16(14)18)17(19)20/h14-15H,2-13H2,1H3. The molecule has 1 fully saturated rings. The van der Waals surface area contributed by atoms with Gasteiger partial charge in [-0.05, 0) is 12.8 Å². The van der Waals surface area contributed by atoms with Crippen molar-refractivity contribution in [2.75, 3.05) is 0 Å². The summed E-state index contributed by atoms with van der Waals surface area (Å²) in [6.07, 6.45) is 12.7. The van der Waals surface area contributed by atoms with E-state index in [0.717, 1.165) is 38.5 Å². The minimum Gasteiger partial charge on any atom is -0.292 e. The quantitative estimate of drug-likeness (QED) is 0.524. The molecular formula is C16H29NO3. The van der Waals surface area contributed by atoms with Crippen LogP contribution < -0.4 is 0 Å². The highest BCUT2D eigenvalue weighted by atomic mass is 16.6. The van der Waals surface area contributed by atoms with Gasteiger partial charge in [-0.3, -0.25) is 14.9 Å². The van der Waals surface area contributed by atoms with E-state index >= 15 is 0 Å². The van der Waals surface area contributed by atoms with Crippen molar-refractivity contribution in [3.8, 4) is 0 Å². The third kappa shape index (κ3) is 6.49. The van der Waals surface area contributed by atoms with Gasteiger partial charge in [0.1, 0.15) is 0 Å². The molecule has 0 bridgehead atoms. The molecule has 20 heavy (non-hydrogen) atoms. The second-order valence-electron chi connectivity index (χ2n) is 6.22. The van der Waals surface area contributed by atoms with E-state index in [1.807, 2.05) is 6.92 Å². The molecule has 0 aliphatic heterocycles. The highest BCUT2D eigenvalue weighted by Crippen LogP contribution is 2.19. The first kappa shape index (κ1) is 17.1. The Balaban J connectivity index is 2.53. The summed E-state index contributed by atoms with van der Waals surface area (Å²) in [6, 6.07) is -0.963. The number of carbonyl (C=O) groups is 1. The Morgan fingerprint density at radius 3 is 1.70 bits per heavy atom. The maximum absolute atomic E-state index is 12.2. The van der Waals surface area contributed by atoms with Gasteiger partial charge in [-0.2, -0.15) is 0 Å². The van der Waals surface area contributed by atoms with Gasteiger partial charge >= 0.3 is 0 Å². The van der Waals surface area contributed by atoms with Crippen LogP contribution in [-0.4, -0.2) is 16.7 Å².